The number of sulfone groups is 2. The van der Waals surface area contributed by atoms with E-state index in [-0.39, 0.29) is 10.9 Å². The molecule has 0 atom stereocenters. The second kappa shape index (κ2) is 6.41. The fourth-order valence-corrected chi connectivity index (χ4v) is 5.72. The van der Waals surface area contributed by atoms with Crippen LogP contribution < -0.4 is 0 Å². The molecule has 0 spiro atoms. The molecule has 0 bridgehead atoms. The Hall–Kier alpha value is -1.82. The van der Waals surface area contributed by atoms with E-state index in [1.165, 1.54) is 30.3 Å². The molecule has 0 saturated carbocycles. The lowest BCUT2D eigenvalue weighted by molar-refractivity contribution is -0.0471. The summed E-state index contributed by atoms with van der Waals surface area (Å²) in [5.74, 6) is 0. The molecule has 0 aliphatic carbocycles. The average molecular weight is 420 g/mol. The van der Waals surface area contributed by atoms with E-state index in [1.807, 2.05) is 0 Å². The van der Waals surface area contributed by atoms with Crippen molar-refractivity contribution in [2.24, 2.45) is 0 Å². The highest BCUT2D eigenvalue weighted by molar-refractivity contribution is 8.09. The molecule has 0 amide bonds. The summed E-state index contributed by atoms with van der Waals surface area (Å²) in [5.41, 5.74) is -12.6. The summed E-state index contributed by atoms with van der Waals surface area (Å²) in [4.78, 5) is 0. The second-order valence-corrected chi connectivity index (χ2v) is 9.80. The zero-order valence-electron chi connectivity index (χ0n) is 12.5. The van der Waals surface area contributed by atoms with Gasteiger partial charge in [-0.05, 0) is 16.3 Å². The molecule has 0 unspecified atom stereocenters. The topological polar surface area (TPSA) is 68.3 Å². The molecule has 0 heterocycles. The molecule has 0 saturated heterocycles. The van der Waals surface area contributed by atoms with Crippen molar-refractivity contribution >= 4 is 30.4 Å². The summed E-state index contributed by atoms with van der Waals surface area (Å²) in [7, 11) is -13.3. The van der Waals surface area contributed by atoms with Crippen molar-refractivity contribution in [1.29, 1.82) is 0 Å². The monoisotopic (exact) mass is 420 g/mol. The van der Waals surface area contributed by atoms with E-state index in [0.29, 0.717) is 5.39 Å². The highest BCUT2D eigenvalue weighted by Crippen LogP contribution is 2.38. The Balaban J connectivity index is 2.70. The van der Waals surface area contributed by atoms with Crippen molar-refractivity contribution < 1.29 is 43.2 Å². The molecule has 2 aromatic carbocycles. The van der Waals surface area contributed by atoms with Gasteiger partial charge >= 0.3 is 11.0 Å². The molecule has 4 nitrogen and oxygen atoms in total. The summed E-state index contributed by atoms with van der Waals surface area (Å²) in [6, 6.07) is 9.64. The number of hydrogen-bond acceptors (Lipinski definition) is 4. The van der Waals surface area contributed by atoms with Crippen LogP contribution in [0.1, 0.15) is 5.56 Å². The first-order chi connectivity index (χ1) is 11.7. The van der Waals surface area contributed by atoms with Gasteiger partial charge in [0.2, 0.25) is 0 Å². The highest BCUT2D eigenvalue weighted by atomic mass is 32.3. The summed E-state index contributed by atoms with van der Waals surface area (Å²) < 4.78 is 119. The molecule has 0 radical (unpaired) electrons. The van der Waals surface area contributed by atoms with Gasteiger partial charge in [0.05, 0.1) is 0 Å². The summed E-state index contributed by atoms with van der Waals surface area (Å²) >= 11 is 0. The van der Waals surface area contributed by atoms with Gasteiger partial charge < -0.3 is 0 Å². The van der Waals surface area contributed by atoms with Crippen LogP contribution in [0.15, 0.2) is 42.5 Å². The van der Waals surface area contributed by atoms with Crippen molar-refractivity contribution in [1.82, 2.24) is 0 Å². The summed E-state index contributed by atoms with van der Waals surface area (Å²) in [5, 5.41) is 0.548. The fourth-order valence-electron chi connectivity index (χ4n) is 2.33. The number of alkyl halides is 6. The number of hydrogen-bond donors (Lipinski definition) is 0. The van der Waals surface area contributed by atoms with Gasteiger partial charge in [0.1, 0.15) is 0 Å². The molecular formula is C14H10F6O4S2. The molecule has 0 N–H and O–H groups in total. The molecule has 0 aliphatic rings. The predicted octanol–water partition coefficient (Wildman–Crippen LogP) is 3.58. The van der Waals surface area contributed by atoms with Crippen molar-refractivity contribution in [2.75, 3.05) is 0 Å². The third kappa shape index (κ3) is 3.52. The molecular weight excluding hydrogens is 410 g/mol. The van der Waals surface area contributed by atoms with Crippen LogP contribution in [0.2, 0.25) is 0 Å². The van der Waals surface area contributed by atoms with Gasteiger partial charge in [-0.1, -0.05) is 42.5 Å². The van der Waals surface area contributed by atoms with E-state index < -0.39 is 41.7 Å². The first-order valence-corrected chi connectivity index (χ1v) is 9.86. The largest absolute Gasteiger partial charge is 0.498 e. The van der Waals surface area contributed by atoms with E-state index in [4.69, 9.17) is 0 Å². The Morgan fingerprint density at radius 2 is 1.19 bits per heavy atom. The van der Waals surface area contributed by atoms with Gasteiger partial charge in [0.25, 0.3) is 19.7 Å². The minimum atomic E-state index is -6.65. The normalized spacial score (nSPS) is 14.1. The summed E-state index contributed by atoms with van der Waals surface area (Å²) in [6.07, 6.45) is -1.49. The first-order valence-electron chi connectivity index (χ1n) is 6.76. The minimum absolute atomic E-state index is 0.148. The number of benzene rings is 2. The van der Waals surface area contributed by atoms with Crippen LogP contribution in [-0.4, -0.2) is 32.4 Å². The fraction of sp³-hybridized carbons (Fsp3) is 0.286. The van der Waals surface area contributed by atoms with Crippen LogP contribution in [0.4, 0.5) is 26.3 Å². The van der Waals surface area contributed by atoms with E-state index >= 15 is 0 Å². The maximum Gasteiger partial charge on any atom is 0.498 e. The third-order valence-corrected chi connectivity index (χ3v) is 8.13. The number of fused-ring (bicyclic) bond motifs is 1. The lowest BCUT2D eigenvalue weighted by Gasteiger charge is -2.21. The van der Waals surface area contributed by atoms with Crippen molar-refractivity contribution in [2.45, 2.75) is 22.0 Å². The van der Waals surface area contributed by atoms with Crippen molar-refractivity contribution in [3.63, 3.8) is 0 Å². The molecule has 0 fully saturated rings. The zero-order chi connectivity index (χ0) is 20.0. The molecule has 2 aromatic rings. The van der Waals surface area contributed by atoms with Crippen LogP contribution in [0.25, 0.3) is 10.8 Å². The molecule has 0 aliphatic heterocycles. The van der Waals surface area contributed by atoms with E-state index in [9.17, 15) is 43.2 Å². The summed E-state index contributed by atoms with van der Waals surface area (Å²) in [6.45, 7) is 0. The maximum absolute atomic E-state index is 12.8. The molecule has 0 aromatic heterocycles. The number of rotatable bonds is 4. The van der Waals surface area contributed by atoms with Gasteiger partial charge in [-0.2, -0.15) is 26.3 Å². The van der Waals surface area contributed by atoms with Gasteiger partial charge in [0.15, 0.2) is 4.58 Å². The first kappa shape index (κ1) is 20.5. The van der Waals surface area contributed by atoms with Crippen LogP contribution in [0.3, 0.4) is 0 Å². The zero-order valence-corrected chi connectivity index (χ0v) is 14.2. The van der Waals surface area contributed by atoms with E-state index in [0.717, 1.165) is 6.07 Å². The standard InChI is InChI=1S/C14H10F6O4S2/c15-13(16,17)25(21,22)12(26(23,24)14(18,19)20)8-10-6-3-5-9-4-1-2-7-11(9)10/h1-7,12H,8H2. The van der Waals surface area contributed by atoms with Crippen molar-refractivity contribution in [3.8, 4) is 0 Å². The smallest absolute Gasteiger partial charge is 0.218 e. The van der Waals surface area contributed by atoms with Crippen molar-refractivity contribution in [3.05, 3.63) is 48.0 Å². The lowest BCUT2D eigenvalue weighted by Crippen LogP contribution is -2.46. The minimum Gasteiger partial charge on any atom is -0.218 e. The second-order valence-electron chi connectivity index (χ2n) is 5.25. The van der Waals surface area contributed by atoms with Crippen LogP contribution >= 0.6 is 0 Å². The molecule has 144 valence electrons. The van der Waals surface area contributed by atoms with E-state index in [2.05, 4.69) is 0 Å². The highest BCUT2D eigenvalue weighted by Gasteiger charge is 2.62. The van der Waals surface area contributed by atoms with E-state index in [1.54, 1.807) is 6.07 Å². The van der Waals surface area contributed by atoms with Gasteiger partial charge in [-0.25, -0.2) is 16.8 Å². The third-order valence-electron chi connectivity index (χ3n) is 3.60. The maximum atomic E-state index is 12.8. The quantitative estimate of drug-likeness (QED) is 0.710. The Morgan fingerprint density at radius 1 is 0.731 bits per heavy atom. The van der Waals surface area contributed by atoms with Crippen LogP contribution in [0, 0.1) is 0 Å². The van der Waals surface area contributed by atoms with Crippen LogP contribution in [0.5, 0.6) is 0 Å². The van der Waals surface area contributed by atoms with Gasteiger partial charge in [-0.3, -0.25) is 0 Å². The Kier molecular flexibility index (Phi) is 5.05. The Morgan fingerprint density at radius 3 is 1.69 bits per heavy atom. The lowest BCUT2D eigenvalue weighted by atomic mass is 10.0. The van der Waals surface area contributed by atoms with Crippen LogP contribution in [-0.2, 0) is 26.1 Å². The average Bonchev–Trinajstić information content (AvgIpc) is 2.50. The number of halogens is 6. The predicted molar refractivity (Wildman–Crippen MR) is 81.4 cm³/mol. The SMILES string of the molecule is O=S(=O)(C(Cc1cccc2ccccc12)S(=O)(=O)C(F)(F)F)C(F)(F)F. The Labute approximate surface area is 144 Å². The van der Waals surface area contributed by atoms with Gasteiger partial charge in [-0.15, -0.1) is 0 Å². The Bertz CT molecular complexity index is 974. The van der Waals surface area contributed by atoms with Gasteiger partial charge in [0, 0.05) is 6.42 Å². The molecule has 2 rings (SSSR count). The molecule has 12 heteroatoms. The molecule has 26 heavy (non-hydrogen) atoms.